The maximum atomic E-state index is 11.8. The fourth-order valence-electron chi connectivity index (χ4n) is 1.93. The summed E-state index contributed by atoms with van der Waals surface area (Å²) >= 11 is 12.1. The van der Waals surface area contributed by atoms with E-state index in [9.17, 15) is 4.79 Å². The molecule has 0 aliphatic heterocycles. The average molecular weight is 369 g/mol. The van der Waals surface area contributed by atoms with Crippen molar-refractivity contribution < 1.29 is 14.4 Å². The van der Waals surface area contributed by atoms with Crippen molar-refractivity contribution in [2.75, 3.05) is 19.5 Å². The highest BCUT2D eigenvalue weighted by Crippen LogP contribution is 2.21. The minimum atomic E-state index is -0.543. The van der Waals surface area contributed by atoms with Gasteiger partial charge in [0.25, 0.3) is 0 Å². The lowest BCUT2D eigenvalue weighted by molar-refractivity contribution is -0.0598. The van der Waals surface area contributed by atoms with Crippen molar-refractivity contribution in [2.24, 2.45) is 0 Å². The number of carbonyl (C=O) groups is 1. The van der Waals surface area contributed by atoms with Gasteiger partial charge in [0, 0.05) is 30.2 Å². The van der Waals surface area contributed by atoms with Crippen molar-refractivity contribution in [2.45, 2.75) is 12.0 Å². The molecule has 24 heavy (non-hydrogen) atoms. The van der Waals surface area contributed by atoms with Gasteiger partial charge in [0.1, 0.15) is 5.75 Å². The van der Waals surface area contributed by atoms with Gasteiger partial charge in [0.05, 0.1) is 7.11 Å². The summed E-state index contributed by atoms with van der Waals surface area (Å²) in [5, 5.41) is 4.44. The average Bonchev–Trinajstić information content (AvgIpc) is 2.56. The Morgan fingerprint density at radius 3 is 2.62 bits per heavy atom. The highest BCUT2D eigenvalue weighted by molar-refractivity contribution is 6.30. The highest BCUT2D eigenvalue weighted by Gasteiger charge is 2.11. The molecule has 0 fully saturated rings. The van der Waals surface area contributed by atoms with Gasteiger partial charge in [-0.2, -0.15) is 0 Å². The lowest BCUT2D eigenvalue weighted by Crippen LogP contribution is -2.30. The van der Waals surface area contributed by atoms with Gasteiger partial charge in [-0.15, -0.1) is 0 Å². The lowest BCUT2D eigenvalue weighted by Gasteiger charge is -2.16. The van der Waals surface area contributed by atoms with Gasteiger partial charge >= 0.3 is 6.03 Å². The van der Waals surface area contributed by atoms with Gasteiger partial charge in [-0.25, -0.2) is 9.86 Å². The van der Waals surface area contributed by atoms with Gasteiger partial charge in [-0.3, -0.25) is 4.84 Å². The minimum Gasteiger partial charge on any atom is -0.474 e. The number of hydrogen-bond donors (Lipinski definition) is 1. The molecule has 1 atom stereocenters. The van der Waals surface area contributed by atoms with Crippen LogP contribution in [0.3, 0.4) is 0 Å². The second-order valence-electron chi connectivity index (χ2n) is 5.00. The zero-order valence-corrected chi connectivity index (χ0v) is 14.8. The molecule has 0 saturated carbocycles. The molecule has 2 aromatic carbocycles. The number of hydroxylamine groups is 2. The number of nitrogens with zero attached hydrogens (tertiary/aromatic N) is 1. The van der Waals surface area contributed by atoms with E-state index in [2.05, 4.69) is 5.32 Å². The molecule has 0 aliphatic carbocycles. The number of nitrogens with one attached hydrogen (secondary N) is 1. The second-order valence-corrected chi connectivity index (χ2v) is 5.92. The monoisotopic (exact) mass is 368 g/mol. The van der Waals surface area contributed by atoms with Crippen LogP contribution in [0, 0.1) is 0 Å². The van der Waals surface area contributed by atoms with Crippen molar-refractivity contribution >= 4 is 34.9 Å². The number of carbonyl (C=O) groups excluding carboxylic acids is 1. The molecular formula is C17H18Cl2N2O3. The van der Waals surface area contributed by atoms with E-state index in [4.69, 9.17) is 32.8 Å². The molecule has 0 aromatic heterocycles. The Morgan fingerprint density at radius 1 is 1.25 bits per heavy atom. The summed E-state index contributed by atoms with van der Waals surface area (Å²) in [4.78, 5) is 16.6. The molecule has 5 nitrogen and oxygen atoms in total. The maximum absolute atomic E-state index is 11.8. The number of halogens is 2. The topological polar surface area (TPSA) is 50.8 Å². The van der Waals surface area contributed by atoms with Gasteiger partial charge in [0.15, 0.2) is 5.56 Å². The number of benzene rings is 2. The van der Waals surface area contributed by atoms with Crippen LogP contribution in [0.25, 0.3) is 0 Å². The minimum absolute atomic E-state index is 0.391. The van der Waals surface area contributed by atoms with Gasteiger partial charge < -0.3 is 10.1 Å². The predicted octanol–water partition coefficient (Wildman–Crippen LogP) is 4.55. The highest BCUT2D eigenvalue weighted by atomic mass is 35.5. The number of urea groups is 1. The normalized spacial score (nSPS) is 11.7. The Kier molecular flexibility index (Phi) is 6.73. The van der Waals surface area contributed by atoms with Crippen molar-refractivity contribution in [3.63, 3.8) is 0 Å². The molecule has 2 aromatic rings. The van der Waals surface area contributed by atoms with Crippen molar-refractivity contribution in [1.29, 1.82) is 0 Å². The molecule has 7 heteroatoms. The van der Waals surface area contributed by atoms with Crippen LogP contribution in [-0.4, -0.2) is 30.8 Å². The zero-order valence-electron chi connectivity index (χ0n) is 13.3. The van der Waals surface area contributed by atoms with Crippen LogP contribution < -0.4 is 10.1 Å². The first-order valence-corrected chi connectivity index (χ1v) is 8.03. The Morgan fingerprint density at radius 2 is 1.96 bits per heavy atom. The molecule has 1 unspecified atom stereocenters. The molecule has 0 bridgehead atoms. The van der Waals surface area contributed by atoms with Crippen molar-refractivity contribution in [3.05, 3.63) is 59.1 Å². The number of ether oxygens (including phenoxy) is 1. The summed E-state index contributed by atoms with van der Waals surface area (Å²) in [5.74, 6) is 0.557. The quantitative estimate of drug-likeness (QED) is 0.600. The van der Waals surface area contributed by atoms with Crippen molar-refractivity contribution in [1.82, 2.24) is 5.06 Å². The van der Waals surface area contributed by atoms with E-state index in [1.807, 2.05) is 24.3 Å². The van der Waals surface area contributed by atoms with Crippen LogP contribution >= 0.6 is 23.2 Å². The van der Waals surface area contributed by atoms with Gasteiger partial charge in [-0.05, 0) is 29.8 Å². The van der Waals surface area contributed by atoms with Crippen molar-refractivity contribution in [3.8, 4) is 5.75 Å². The maximum Gasteiger partial charge on any atom is 0.345 e. The second kappa shape index (κ2) is 8.78. The third-order valence-corrected chi connectivity index (χ3v) is 3.71. The standard InChI is InChI=1S/C17H18Cl2N2O3/c1-21(23-2)17(22)20-14-4-3-5-15(11-14)24-16(19)10-12-6-8-13(18)9-7-12/h3-9,11,16H,10H2,1-2H3,(H,20,22). The molecule has 128 valence electrons. The summed E-state index contributed by atoms with van der Waals surface area (Å²) < 4.78 is 5.69. The number of hydrogen-bond acceptors (Lipinski definition) is 3. The van der Waals surface area contributed by atoms with Crippen LogP contribution in [-0.2, 0) is 11.3 Å². The van der Waals surface area contributed by atoms with Crippen LogP contribution in [0.15, 0.2) is 48.5 Å². The Bertz CT molecular complexity index is 680. The number of anilines is 1. The van der Waals surface area contributed by atoms with Crippen LogP contribution in [0.5, 0.6) is 5.75 Å². The molecule has 0 saturated heterocycles. The third kappa shape index (κ3) is 5.60. The lowest BCUT2D eigenvalue weighted by atomic mass is 10.2. The largest absolute Gasteiger partial charge is 0.474 e. The molecule has 0 heterocycles. The van der Waals surface area contributed by atoms with E-state index in [1.165, 1.54) is 14.2 Å². The fourth-order valence-corrected chi connectivity index (χ4v) is 2.33. The summed E-state index contributed by atoms with van der Waals surface area (Å²) in [6.07, 6.45) is 0.529. The first kappa shape index (κ1) is 18.4. The zero-order chi connectivity index (χ0) is 17.5. The summed E-state index contributed by atoms with van der Waals surface area (Å²) in [6.45, 7) is 0. The molecule has 1 N–H and O–H groups in total. The van der Waals surface area contributed by atoms with E-state index < -0.39 is 11.6 Å². The summed E-state index contributed by atoms with van der Waals surface area (Å²) in [7, 11) is 2.92. The molecule has 0 aliphatic rings. The van der Waals surface area contributed by atoms with E-state index in [1.54, 1.807) is 24.3 Å². The molecule has 2 amide bonds. The molecule has 2 rings (SSSR count). The fraction of sp³-hybridized carbons (Fsp3) is 0.235. The third-order valence-electron chi connectivity index (χ3n) is 3.22. The Labute approximate surface area is 151 Å². The Hall–Kier alpha value is -1.95. The summed E-state index contributed by atoms with van der Waals surface area (Å²) in [6, 6.07) is 14.0. The predicted molar refractivity (Wildman–Crippen MR) is 95.7 cm³/mol. The van der Waals surface area contributed by atoms with Gasteiger partial charge in [-0.1, -0.05) is 41.4 Å². The summed E-state index contributed by atoms with van der Waals surface area (Å²) in [5.41, 5.74) is 1.06. The molecule has 0 radical (unpaired) electrons. The van der Waals surface area contributed by atoms with Crippen LogP contribution in [0.2, 0.25) is 5.02 Å². The van der Waals surface area contributed by atoms with E-state index in [-0.39, 0.29) is 0 Å². The first-order chi connectivity index (χ1) is 11.5. The SMILES string of the molecule is CON(C)C(=O)Nc1cccc(OC(Cl)Cc2ccc(Cl)cc2)c1. The van der Waals surface area contributed by atoms with Crippen LogP contribution in [0.1, 0.15) is 5.56 Å². The number of rotatable bonds is 6. The molecule has 0 spiro atoms. The molecular weight excluding hydrogens is 351 g/mol. The number of alkyl halides is 1. The van der Waals surface area contributed by atoms with E-state index >= 15 is 0 Å². The number of amides is 2. The van der Waals surface area contributed by atoms with E-state index in [0.717, 1.165) is 10.6 Å². The first-order valence-electron chi connectivity index (χ1n) is 7.22. The smallest absolute Gasteiger partial charge is 0.345 e. The van der Waals surface area contributed by atoms with Gasteiger partial charge in [0.2, 0.25) is 0 Å². The Balaban J connectivity index is 1.95. The van der Waals surface area contributed by atoms with E-state index in [0.29, 0.717) is 22.9 Å². The van der Waals surface area contributed by atoms with Crippen LogP contribution in [0.4, 0.5) is 10.5 Å².